The van der Waals surface area contributed by atoms with E-state index in [1.165, 1.54) is 5.56 Å². The number of ether oxygens (including phenoxy) is 1. The Balaban J connectivity index is 1.69. The molecule has 0 fully saturated rings. The van der Waals surface area contributed by atoms with Gasteiger partial charge in [-0.05, 0) is 37.6 Å². The number of hydrogen-bond donors (Lipinski definition) is 2. The fourth-order valence-corrected chi connectivity index (χ4v) is 2.56. The van der Waals surface area contributed by atoms with Crippen molar-refractivity contribution < 1.29 is 9.53 Å². The summed E-state index contributed by atoms with van der Waals surface area (Å²) in [5.41, 5.74) is 4.36. The van der Waals surface area contributed by atoms with Crippen LogP contribution in [0.4, 0.5) is 0 Å². The van der Waals surface area contributed by atoms with Crippen LogP contribution in [0.3, 0.4) is 0 Å². The van der Waals surface area contributed by atoms with Crippen molar-refractivity contribution >= 4 is 5.91 Å². The van der Waals surface area contributed by atoms with Crippen LogP contribution in [0.5, 0.6) is 5.75 Å². The average Bonchev–Trinajstić information content (AvgIpc) is 3.12. The molecule has 0 radical (unpaired) electrons. The van der Waals surface area contributed by atoms with Gasteiger partial charge >= 0.3 is 0 Å². The van der Waals surface area contributed by atoms with Crippen LogP contribution in [0.15, 0.2) is 54.6 Å². The van der Waals surface area contributed by atoms with E-state index in [9.17, 15) is 4.79 Å². The molecule has 0 bridgehead atoms. The summed E-state index contributed by atoms with van der Waals surface area (Å²) in [6.07, 6.45) is 0. The number of methoxy groups -OCH3 is 1. The SMILES string of the molecule is COc1ccc([C@@H](C)NC(=O)c2cc(-c3ccc(C)cc3)n[nH]2)cc1. The fourth-order valence-electron chi connectivity index (χ4n) is 2.56. The molecule has 0 aliphatic carbocycles. The maximum absolute atomic E-state index is 12.4. The molecule has 0 spiro atoms. The van der Waals surface area contributed by atoms with Crippen LogP contribution in [0.25, 0.3) is 11.3 Å². The number of benzene rings is 2. The largest absolute Gasteiger partial charge is 0.497 e. The lowest BCUT2D eigenvalue weighted by atomic mass is 10.1. The summed E-state index contributed by atoms with van der Waals surface area (Å²) < 4.78 is 5.15. The highest BCUT2D eigenvalue weighted by Crippen LogP contribution is 2.20. The maximum atomic E-state index is 12.4. The summed E-state index contributed by atoms with van der Waals surface area (Å²) >= 11 is 0. The predicted octanol–water partition coefficient (Wildman–Crippen LogP) is 3.88. The van der Waals surface area contributed by atoms with Gasteiger partial charge in [-0.15, -0.1) is 0 Å². The van der Waals surface area contributed by atoms with E-state index in [1.807, 2.05) is 62.4 Å². The van der Waals surface area contributed by atoms with Crippen molar-refractivity contribution in [3.63, 3.8) is 0 Å². The zero-order valence-electron chi connectivity index (χ0n) is 14.5. The van der Waals surface area contributed by atoms with Gasteiger partial charge in [-0.2, -0.15) is 5.10 Å². The number of aryl methyl sites for hydroxylation is 1. The van der Waals surface area contributed by atoms with Crippen molar-refractivity contribution in [2.75, 3.05) is 7.11 Å². The number of carbonyl (C=O) groups excluding carboxylic acids is 1. The minimum absolute atomic E-state index is 0.121. The Labute approximate surface area is 147 Å². The summed E-state index contributed by atoms with van der Waals surface area (Å²) in [6, 6.07) is 17.3. The molecule has 0 unspecified atom stereocenters. The summed E-state index contributed by atoms with van der Waals surface area (Å²) in [4.78, 5) is 12.4. The van der Waals surface area contributed by atoms with Crippen molar-refractivity contribution in [2.24, 2.45) is 0 Å². The molecule has 2 N–H and O–H groups in total. The quantitative estimate of drug-likeness (QED) is 0.743. The van der Waals surface area contributed by atoms with E-state index >= 15 is 0 Å². The Morgan fingerprint density at radius 3 is 2.44 bits per heavy atom. The number of aromatic nitrogens is 2. The molecule has 1 aromatic heterocycles. The van der Waals surface area contributed by atoms with Gasteiger partial charge in [0.15, 0.2) is 0 Å². The summed E-state index contributed by atoms with van der Waals surface area (Å²) in [5.74, 6) is 0.604. The molecular weight excluding hydrogens is 314 g/mol. The van der Waals surface area contributed by atoms with Crippen LogP contribution in [-0.4, -0.2) is 23.2 Å². The van der Waals surface area contributed by atoms with Crippen LogP contribution in [0.2, 0.25) is 0 Å². The lowest BCUT2D eigenvalue weighted by Crippen LogP contribution is -2.26. The second kappa shape index (κ2) is 7.21. The fraction of sp³-hybridized carbons (Fsp3) is 0.200. The van der Waals surface area contributed by atoms with Crippen molar-refractivity contribution in [3.05, 3.63) is 71.4 Å². The molecular formula is C20H21N3O2. The zero-order valence-corrected chi connectivity index (χ0v) is 14.5. The molecule has 0 saturated heterocycles. The van der Waals surface area contributed by atoms with Gasteiger partial charge in [0.1, 0.15) is 11.4 Å². The monoisotopic (exact) mass is 335 g/mol. The molecule has 0 aliphatic heterocycles. The lowest BCUT2D eigenvalue weighted by Gasteiger charge is -2.14. The molecule has 0 aliphatic rings. The van der Waals surface area contributed by atoms with Crippen LogP contribution in [-0.2, 0) is 0 Å². The molecule has 2 aromatic carbocycles. The van der Waals surface area contributed by atoms with Gasteiger partial charge in [0.05, 0.1) is 18.8 Å². The number of rotatable bonds is 5. The third-order valence-electron chi connectivity index (χ3n) is 4.13. The molecule has 1 amide bonds. The number of nitrogens with zero attached hydrogens (tertiary/aromatic N) is 1. The van der Waals surface area contributed by atoms with Gasteiger partial charge in [0.25, 0.3) is 5.91 Å². The van der Waals surface area contributed by atoms with Crippen molar-refractivity contribution in [1.82, 2.24) is 15.5 Å². The number of carbonyl (C=O) groups is 1. The normalized spacial score (nSPS) is 11.8. The first kappa shape index (κ1) is 16.8. The van der Waals surface area contributed by atoms with Crippen molar-refractivity contribution in [1.29, 1.82) is 0 Å². The van der Waals surface area contributed by atoms with E-state index < -0.39 is 0 Å². The molecule has 1 atom stereocenters. The standard InChI is InChI=1S/C20H21N3O2/c1-13-4-6-16(7-5-13)18-12-19(23-22-18)20(24)21-14(2)15-8-10-17(25-3)11-9-15/h4-12,14H,1-3H3,(H,21,24)(H,22,23)/t14-/m1/s1. The Hall–Kier alpha value is -3.08. The minimum Gasteiger partial charge on any atom is -0.497 e. The van der Waals surface area contributed by atoms with Gasteiger partial charge in [-0.25, -0.2) is 0 Å². The van der Waals surface area contributed by atoms with Crippen molar-refractivity contribution in [3.8, 4) is 17.0 Å². The Morgan fingerprint density at radius 1 is 1.12 bits per heavy atom. The molecule has 5 heteroatoms. The third-order valence-corrected chi connectivity index (χ3v) is 4.13. The number of H-pyrrole nitrogens is 1. The average molecular weight is 335 g/mol. The number of amides is 1. The van der Waals surface area contributed by atoms with Gasteiger partial charge in [0, 0.05) is 5.56 Å². The van der Waals surface area contributed by atoms with Crippen LogP contribution in [0, 0.1) is 6.92 Å². The summed E-state index contributed by atoms with van der Waals surface area (Å²) in [7, 11) is 1.63. The first-order valence-electron chi connectivity index (χ1n) is 8.14. The second-order valence-electron chi connectivity index (χ2n) is 6.00. The van der Waals surface area contributed by atoms with E-state index in [1.54, 1.807) is 13.2 Å². The van der Waals surface area contributed by atoms with Crippen LogP contribution in [0.1, 0.15) is 34.6 Å². The van der Waals surface area contributed by atoms with Gasteiger partial charge < -0.3 is 10.1 Å². The van der Waals surface area contributed by atoms with Crippen LogP contribution < -0.4 is 10.1 Å². The first-order chi connectivity index (χ1) is 12.1. The maximum Gasteiger partial charge on any atom is 0.269 e. The van der Waals surface area contributed by atoms with E-state index in [4.69, 9.17) is 4.74 Å². The molecule has 128 valence electrons. The van der Waals surface area contributed by atoms with E-state index in [2.05, 4.69) is 15.5 Å². The minimum atomic E-state index is -0.186. The number of aromatic amines is 1. The van der Waals surface area contributed by atoms with Crippen molar-refractivity contribution in [2.45, 2.75) is 19.9 Å². The molecule has 1 heterocycles. The second-order valence-corrected chi connectivity index (χ2v) is 6.00. The molecule has 3 rings (SSSR count). The summed E-state index contributed by atoms with van der Waals surface area (Å²) in [5, 5.41) is 10.0. The predicted molar refractivity (Wildman–Crippen MR) is 97.6 cm³/mol. The van der Waals surface area contributed by atoms with E-state index in [-0.39, 0.29) is 11.9 Å². The first-order valence-corrected chi connectivity index (χ1v) is 8.14. The zero-order chi connectivity index (χ0) is 17.8. The van der Waals surface area contributed by atoms with Gasteiger partial charge in [-0.3, -0.25) is 9.89 Å². The highest BCUT2D eigenvalue weighted by atomic mass is 16.5. The Morgan fingerprint density at radius 2 is 1.80 bits per heavy atom. The lowest BCUT2D eigenvalue weighted by molar-refractivity contribution is 0.0935. The van der Waals surface area contributed by atoms with Gasteiger partial charge in [0.2, 0.25) is 0 Å². The summed E-state index contributed by atoms with van der Waals surface area (Å²) in [6.45, 7) is 3.98. The number of hydrogen-bond acceptors (Lipinski definition) is 3. The molecule has 0 saturated carbocycles. The van der Waals surface area contributed by atoms with E-state index in [0.717, 1.165) is 22.6 Å². The van der Waals surface area contributed by atoms with E-state index in [0.29, 0.717) is 5.69 Å². The highest BCUT2D eigenvalue weighted by molar-refractivity contribution is 5.93. The molecule has 5 nitrogen and oxygen atoms in total. The Bertz CT molecular complexity index is 851. The molecule has 25 heavy (non-hydrogen) atoms. The highest BCUT2D eigenvalue weighted by Gasteiger charge is 2.14. The molecule has 3 aromatic rings. The Kier molecular flexibility index (Phi) is 4.84. The number of nitrogens with one attached hydrogen (secondary N) is 2. The van der Waals surface area contributed by atoms with Gasteiger partial charge in [-0.1, -0.05) is 42.0 Å². The van der Waals surface area contributed by atoms with Crippen LogP contribution >= 0.6 is 0 Å². The third kappa shape index (κ3) is 3.88. The smallest absolute Gasteiger partial charge is 0.269 e. The topological polar surface area (TPSA) is 67.0 Å².